The Labute approximate surface area is 157 Å². The lowest BCUT2D eigenvalue weighted by atomic mass is 10.1. The Hall–Kier alpha value is -2.48. The summed E-state index contributed by atoms with van der Waals surface area (Å²) in [7, 11) is 2.02. The minimum Gasteiger partial charge on any atom is -0.477 e. The van der Waals surface area contributed by atoms with Crippen molar-refractivity contribution in [3.63, 3.8) is 0 Å². The summed E-state index contributed by atoms with van der Waals surface area (Å²) in [6.07, 6.45) is 1.30. The van der Waals surface area contributed by atoms with Crippen molar-refractivity contribution >= 4 is 22.8 Å². The molecule has 0 aromatic carbocycles. The maximum absolute atomic E-state index is 14.9. The number of aromatic carboxylic acids is 1. The van der Waals surface area contributed by atoms with Gasteiger partial charge in [-0.3, -0.25) is 4.79 Å². The van der Waals surface area contributed by atoms with Gasteiger partial charge in [0.05, 0.1) is 5.39 Å². The van der Waals surface area contributed by atoms with Crippen molar-refractivity contribution in [3.05, 3.63) is 33.9 Å². The average molecular weight is 376 g/mol. The van der Waals surface area contributed by atoms with Crippen molar-refractivity contribution < 1.29 is 14.3 Å². The SMILES string of the molecule is CC1CN(c2nc3c(cc2F)c(=O)c(C(=O)O)cn3C(C)(C)C)CCN1C. The van der Waals surface area contributed by atoms with Gasteiger partial charge in [-0.25, -0.2) is 14.2 Å². The molecule has 3 heterocycles. The molecule has 1 unspecified atom stereocenters. The molecule has 2 aromatic rings. The van der Waals surface area contributed by atoms with E-state index in [4.69, 9.17) is 0 Å². The predicted molar refractivity (Wildman–Crippen MR) is 102 cm³/mol. The molecule has 1 saturated heterocycles. The molecule has 1 aliphatic heterocycles. The van der Waals surface area contributed by atoms with Crippen LogP contribution >= 0.6 is 0 Å². The van der Waals surface area contributed by atoms with Crippen molar-refractivity contribution in [1.82, 2.24) is 14.5 Å². The van der Waals surface area contributed by atoms with Gasteiger partial charge in [0.1, 0.15) is 11.2 Å². The number of fused-ring (bicyclic) bond motifs is 1. The van der Waals surface area contributed by atoms with Crippen molar-refractivity contribution in [3.8, 4) is 0 Å². The smallest absolute Gasteiger partial charge is 0.341 e. The number of likely N-dealkylation sites (N-methyl/N-ethyl adjacent to an activating group) is 1. The van der Waals surface area contributed by atoms with Gasteiger partial charge in [0.25, 0.3) is 0 Å². The van der Waals surface area contributed by atoms with Gasteiger partial charge in [0.2, 0.25) is 5.43 Å². The lowest BCUT2D eigenvalue weighted by Gasteiger charge is -2.38. The molecule has 0 aliphatic carbocycles. The summed E-state index contributed by atoms with van der Waals surface area (Å²) < 4.78 is 16.5. The lowest BCUT2D eigenvalue weighted by Crippen LogP contribution is -2.50. The highest BCUT2D eigenvalue weighted by molar-refractivity contribution is 5.92. The van der Waals surface area contributed by atoms with Crippen LogP contribution in [0.1, 0.15) is 38.1 Å². The van der Waals surface area contributed by atoms with E-state index in [2.05, 4.69) is 16.8 Å². The number of aromatic nitrogens is 2. The number of rotatable bonds is 2. The van der Waals surface area contributed by atoms with Gasteiger partial charge >= 0.3 is 5.97 Å². The Kier molecular flexibility index (Phi) is 4.71. The Morgan fingerprint density at radius 2 is 2.00 bits per heavy atom. The fourth-order valence-electron chi connectivity index (χ4n) is 3.34. The molecule has 8 heteroatoms. The minimum atomic E-state index is -1.34. The molecule has 1 fully saturated rings. The standard InChI is InChI=1S/C19H25FN4O3/c1-11-9-23(7-6-22(11)5)17-14(20)8-12-15(25)13(18(26)27)10-24(16(12)21-17)19(2,3)4/h8,10-11H,6-7,9H2,1-5H3,(H,26,27). The molecule has 0 spiro atoms. The van der Waals surface area contributed by atoms with Gasteiger partial charge in [-0.15, -0.1) is 0 Å². The number of nitrogens with zero attached hydrogens (tertiary/aromatic N) is 4. The number of carboxylic acids is 1. The molecule has 0 saturated carbocycles. The molecule has 146 valence electrons. The van der Waals surface area contributed by atoms with E-state index in [0.29, 0.717) is 18.7 Å². The number of carbonyl (C=O) groups is 1. The molecule has 2 aromatic heterocycles. The third-order valence-corrected chi connectivity index (χ3v) is 5.13. The van der Waals surface area contributed by atoms with Gasteiger partial charge in [0.15, 0.2) is 11.6 Å². The highest BCUT2D eigenvalue weighted by atomic mass is 19.1. The molecule has 0 amide bonds. The van der Waals surface area contributed by atoms with Crippen LogP contribution in [0.15, 0.2) is 17.1 Å². The molecule has 3 rings (SSSR count). The highest BCUT2D eigenvalue weighted by Gasteiger charge is 2.27. The zero-order chi connectivity index (χ0) is 20.1. The Balaban J connectivity index is 2.26. The van der Waals surface area contributed by atoms with Crippen LogP contribution < -0.4 is 10.3 Å². The van der Waals surface area contributed by atoms with Crippen LogP contribution in [0.2, 0.25) is 0 Å². The molecule has 0 radical (unpaired) electrons. The molecule has 0 bridgehead atoms. The number of piperazine rings is 1. The zero-order valence-corrected chi connectivity index (χ0v) is 16.3. The van der Waals surface area contributed by atoms with Gasteiger partial charge in [-0.05, 0) is 40.8 Å². The molecule has 7 nitrogen and oxygen atoms in total. The van der Waals surface area contributed by atoms with E-state index in [9.17, 15) is 19.1 Å². The second-order valence-corrected chi connectivity index (χ2v) is 8.16. The third-order valence-electron chi connectivity index (χ3n) is 5.13. The van der Waals surface area contributed by atoms with E-state index in [-0.39, 0.29) is 22.8 Å². The van der Waals surface area contributed by atoms with Crippen LogP contribution in [-0.2, 0) is 5.54 Å². The first-order chi connectivity index (χ1) is 12.5. The summed E-state index contributed by atoms with van der Waals surface area (Å²) in [5.74, 6) is -1.75. The van der Waals surface area contributed by atoms with Crippen molar-refractivity contribution in [2.75, 3.05) is 31.6 Å². The molecular weight excluding hydrogens is 351 g/mol. The molecule has 27 heavy (non-hydrogen) atoms. The maximum Gasteiger partial charge on any atom is 0.341 e. The lowest BCUT2D eigenvalue weighted by molar-refractivity contribution is 0.0694. The number of halogens is 1. The first-order valence-corrected chi connectivity index (χ1v) is 8.95. The maximum atomic E-state index is 14.9. The summed E-state index contributed by atoms with van der Waals surface area (Å²) in [5.41, 5.74) is -1.35. The predicted octanol–water partition coefficient (Wildman–Crippen LogP) is 2.13. The van der Waals surface area contributed by atoms with E-state index in [0.717, 1.165) is 12.6 Å². The van der Waals surface area contributed by atoms with E-state index in [1.54, 1.807) is 4.57 Å². The summed E-state index contributed by atoms with van der Waals surface area (Å²) in [6, 6.07) is 1.37. The van der Waals surface area contributed by atoms with Gasteiger partial charge in [-0.1, -0.05) is 0 Å². The molecular formula is C19H25FN4O3. The van der Waals surface area contributed by atoms with Crippen LogP contribution in [-0.4, -0.2) is 58.3 Å². The monoisotopic (exact) mass is 376 g/mol. The van der Waals surface area contributed by atoms with Crippen molar-refractivity contribution in [2.45, 2.75) is 39.3 Å². The Bertz CT molecular complexity index is 964. The Morgan fingerprint density at radius 1 is 1.33 bits per heavy atom. The number of hydrogen-bond acceptors (Lipinski definition) is 5. The second-order valence-electron chi connectivity index (χ2n) is 8.16. The first kappa shape index (κ1) is 19.3. The molecule has 1 N–H and O–H groups in total. The fourth-order valence-corrected chi connectivity index (χ4v) is 3.34. The molecule has 1 aliphatic rings. The van der Waals surface area contributed by atoms with E-state index >= 15 is 0 Å². The van der Waals surface area contributed by atoms with Crippen molar-refractivity contribution in [2.24, 2.45) is 0 Å². The van der Waals surface area contributed by atoms with Gasteiger partial charge in [-0.2, -0.15) is 0 Å². The van der Waals surface area contributed by atoms with Crippen LogP contribution in [0.4, 0.5) is 10.2 Å². The average Bonchev–Trinajstić information content (AvgIpc) is 2.56. The summed E-state index contributed by atoms with van der Waals surface area (Å²) in [6.45, 7) is 9.74. The number of hydrogen-bond donors (Lipinski definition) is 1. The topological polar surface area (TPSA) is 78.7 Å². The number of pyridine rings is 2. The van der Waals surface area contributed by atoms with Gasteiger partial charge in [0, 0.05) is 37.4 Å². The summed E-state index contributed by atoms with van der Waals surface area (Å²) in [5, 5.41) is 9.34. The summed E-state index contributed by atoms with van der Waals surface area (Å²) in [4.78, 5) is 32.6. The summed E-state index contributed by atoms with van der Waals surface area (Å²) >= 11 is 0. The third kappa shape index (κ3) is 3.41. The quantitative estimate of drug-likeness (QED) is 0.865. The normalized spacial score (nSPS) is 18.9. The van der Waals surface area contributed by atoms with Crippen LogP contribution in [0.5, 0.6) is 0 Å². The number of carboxylic acid groups (broad SMARTS) is 1. The van der Waals surface area contributed by atoms with Crippen LogP contribution in [0, 0.1) is 5.82 Å². The zero-order valence-electron chi connectivity index (χ0n) is 16.3. The fraction of sp³-hybridized carbons (Fsp3) is 0.526. The van der Waals surface area contributed by atoms with E-state index in [1.807, 2.05) is 32.7 Å². The number of anilines is 1. The van der Waals surface area contributed by atoms with Crippen LogP contribution in [0.3, 0.4) is 0 Å². The van der Waals surface area contributed by atoms with Crippen LogP contribution in [0.25, 0.3) is 11.0 Å². The molecule has 1 atom stereocenters. The largest absolute Gasteiger partial charge is 0.477 e. The van der Waals surface area contributed by atoms with Crippen molar-refractivity contribution in [1.29, 1.82) is 0 Å². The van der Waals surface area contributed by atoms with E-state index in [1.165, 1.54) is 6.20 Å². The van der Waals surface area contributed by atoms with Gasteiger partial charge < -0.3 is 19.5 Å². The highest BCUT2D eigenvalue weighted by Crippen LogP contribution is 2.26. The first-order valence-electron chi connectivity index (χ1n) is 8.95. The minimum absolute atomic E-state index is 0.0201. The Morgan fingerprint density at radius 3 is 2.56 bits per heavy atom. The van der Waals surface area contributed by atoms with E-state index < -0.39 is 22.8 Å². The second kappa shape index (κ2) is 6.60.